The SMILES string of the molecule is COc1ccccc1SCCC(=O)OC(C)(C)C. The topological polar surface area (TPSA) is 35.5 Å². The molecule has 1 aromatic carbocycles. The molecule has 0 saturated heterocycles. The molecule has 0 radical (unpaired) electrons. The van der Waals surface area contributed by atoms with Crippen molar-refractivity contribution < 1.29 is 14.3 Å². The van der Waals surface area contributed by atoms with E-state index in [0.717, 1.165) is 10.6 Å². The second-order valence-electron chi connectivity index (χ2n) is 4.84. The van der Waals surface area contributed by atoms with E-state index in [1.165, 1.54) is 0 Å². The largest absolute Gasteiger partial charge is 0.496 e. The van der Waals surface area contributed by atoms with Gasteiger partial charge in [0.25, 0.3) is 0 Å². The smallest absolute Gasteiger partial charge is 0.307 e. The molecule has 1 aromatic rings. The first-order valence-corrected chi connectivity index (χ1v) is 6.88. The summed E-state index contributed by atoms with van der Waals surface area (Å²) in [6, 6.07) is 7.78. The number of carbonyl (C=O) groups excluding carboxylic acids is 1. The molecule has 0 aliphatic heterocycles. The van der Waals surface area contributed by atoms with E-state index in [2.05, 4.69) is 0 Å². The Kier molecular flexibility index (Phi) is 5.54. The van der Waals surface area contributed by atoms with Gasteiger partial charge in [0.1, 0.15) is 11.4 Å². The van der Waals surface area contributed by atoms with Crippen LogP contribution in [0.15, 0.2) is 29.2 Å². The minimum Gasteiger partial charge on any atom is -0.496 e. The Labute approximate surface area is 113 Å². The zero-order valence-electron chi connectivity index (χ0n) is 11.4. The first kappa shape index (κ1) is 14.9. The second kappa shape index (κ2) is 6.69. The summed E-state index contributed by atoms with van der Waals surface area (Å²) in [6.07, 6.45) is 0.403. The standard InChI is InChI=1S/C14H20O3S/c1-14(2,3)17-13(15)9-10-18-12-8-6-5-7-11(12)16-4/h5-8H,9-10H2,1-4H3. The van der Waals surface area contributed by atoms with Crippen molar-refractivity contribution in [2.45, 2.75) is 37.7 Å². The van der Waals surface area contributed by atoms with Gasteiger partial charge in [0, 0.05) is 10.6 Å². The molecular weight excluding hydrogens is 248 g/mol. The Morgan fingerprint density at radius 1 is 1.28 bits per heavy atom. The highest BCUT2D eigenvalue weighted by atomic mass is 32.2. The third kappa shape index (κ3) is 5.45. The Balaban J connectivity index is 2.40. The molecule has 0 aliphatic carbocycles. The number of hydrogen-bond donors (Lipinski definition) is 0. The Morgan fingerprint density at radius 2 is 1.94 bits per heavy atom. The van der Waals surface area contributed by atoms with E-state index < -0.39 is 5.60 Å². The average molecular weight is 268 g/mol. The Hall–Kier alpha value is -1.16. The van der Waals surface area contributed by atoms with Crippen molar-refractivity contribution in [2.75, 3.05) is 12.9 Å². The Bertz CT molecular complexity index is 396. The lowest BCUT2D eigenvalue weighted by Crippen LogP contribution is -2.23. The lowest BCUT2D eigenvalue weighted by Gasteiger charge is -2.19. The van der Waals surface area contributed by atoms with Crippen molar-refractivity contribution in [3.63, 3.8) is 0 Å². The minimum absolute atomic E-state index is 0.162. The van der Waals surface area contributed by atoms with Crippen LogP contribution >= 0.6 is 11.8 Å². The number of benzene rings is 1. The van der Waals surface area contributed by atoms with Crippen molar-refractivity contribution in [3.8, 4) is 5.75 Å². The predicted octanol–water partition coefficient (Wildman–Crippen LogP) is 3.52. The molecule has 0 heterocycles. The predicted molar refractivity (Wildman–Crippen MR) is 74.2 cm³/mol. The molecule has 0 atom stereocenters. The van der Waals surface area contributed by atoms with Crippen LogP contribution in [0.3, 0.4) is 0 Å². The molecule has 4 heteroatoms. The van der Waals surface area contributed by atoms with Crippen LogP contribution in [0, 0.1) is 0 Å². The molecule has 3 nitrogen and oxygen atoms in total. The highest BCUT2D eigenvalue weighted by Gasteiger charge is 2.16. The summed E-state index contributed by atoms with van der Waals surface area (Å²) in [6.45, 7) is 5.62. The molecule has 18 heavy (non-hydrogen) atoms. The summed E-state index contributed by atoms with van der Waals surface area (Å²) < 4.78 is 10.5. The quantitative estimate of drug-likeness (QED) is 0.604. The normalized spacial score (nSPS) is 11.1. The number of thioether (sulfide) groups is 1. The molecule has 0 fully saturated rings. The Morgan fingerprint density at radius 3 is 2.56 bits per heavy atom. The molecule has 1 rings (SSSR count). The lowest BCUT2D eigenvalue weighted by atomic mass is 10.2. The van der Waals surface area contributed by atoms with E-state index in [4.69, 9.17) is 9.47 Å². The maximum atomic E-state index is 11.5. The fraction of sp³-hybridized carbons (Fsp3) is 0.500. The summed E-state index contributed by atoms with van der Waals surface area (Å²) in [4.78, 5) is 12.6. The minimum atomic E-state index is -0.411. The average Bonchev–Trinajstić information content (AvgIpc) is 2.27. The molecular formula is C14H20O3S. The van der Waals surface area contributed by atoms with Crippen LogP contribution in [0.1, 0.15) is 27.2 Å². The zero-order valence-corrected chi connectivity index (χ0v) is 12.2. The van der Waals surface area contributed by atoms with Crippen molar-refractivity contribution in [3.05, 3.63) is 24.3 Å². The lowest BCUT2D eigenvalue weighted by molar-refractivity contribution is -0.154. The molecule has 0 saturated carbocycles. The summed E-state index contributed by atoms with van der Waals surface area (Å²) in [5.41, 5.74) is -0.411. The van der Waals surface area contributed by atoms with Gasteiger partial charge >= 0.3 is 5.97 Å². The summed E-state index contributed by atoms with van der Waals surface area (Å²) in [5, 5.41) is 0. The number of carbonyl (C=O) groups is 1. The third-order valence-corrected chi connectivity index (χ3v) is 3.11. The molecule has 0 unspecified atom stereocenters. The van der Waals surface area contributed by atoms with Crippen LogP contribution in [0.2, 0.25) is 0 Å². The molecule has 0 N–H and O–H groups in total. The van der Waals surface area contributed by atoms with Crippen LogP contribution in [0.25, 0.3) is 0 Å². The molecule has 0 aliphatic rings. The van der Waals surface area contributed by atoms with Crippen molar-refractivity contribution in [1.29, 1.82) is 0 Å². The van der Waals surface area contributed by atoms with Gasteiger partial charge in [0.05, 0.1) is 13.5 Å². The summed E-state index contributed by atoms with van der Waals surface area (Å²) in [5.74, 6) is 1.37. The van der Waals surface area contributed by atoms with E-state index in [1.54, 1.807) is 18.9 Å². The van der Waals surface area contributed by atoms with Gasteiger partial charge in [0.2, 0.25) is 0 Å². The van der Waals surface area contributed by atoms with Gasteiger partial charge in [-0.15, -0.1) is 11.8 Å². The highest BCUT2D eigenvalue weighted by Crippen LogP contribution is 2.29. The van der Waals surface area contributed by atoms with E-state index in [9.17, 15) is 4.79 Å². The maximum absolute atomic E-state index is 11.5. The number of ether oxygens (including phenoxy) is 2. The third-order valence-electron chi connectivity index (χ3n) is 2.05. The van der Waals surface area contributed by atoms with E-state index in [1.807, 2.05) is 45.0 Å². The fourth-order valence-electron chi connectivity index (χ4n) is 1.37. The van der Waals surface area contributed by atoms with E-state index in [-0.39, 0.29) is 5.97 Å². The first-order valence-electron chi connectivity index (χ1n) is 5.90. The van der Waals surface area contributed by atoms with E-state index in [0.29, 0.717) is 12.2 Å². The number of esters is 1. The molecule has 100 valence electrons. The van der Waals surface area contributed by atoms with Crippen LogP contribution in [0.4, 0.5) is 0 Å². The van der Waals surface area contributed by atoms with Gasteiger partial charge in [0.15, 0.2) is 0 Å². The van der Waals surface area contributed by atoms with Gasteiger partial charge in [-0.05, 0) is 32.9 Å². The van der Waals surface area contributed by atoms with Gasteiger partial charge in [-0.1, -0.05) is 12.1 Å². The van der Waals surface area contributed by atoms with Crippen LogP contribution in [0.5, 0.6) is 5.75 Å². The van der Waals surface area contributed by atoms with Crippen LogP contribution in [-0.2, 0) is 9.53 Å². The fourth-order valence-corrected chi connectivity index (χ4v) is 2.33. The van der Waals surface area contributed by atoms with Gasteiger partial charge in [-0.2, -0.15) is 0 Å². The van der Waals surface area contributed by atoms with Crippen LogP contribution < -0.4 is 4.74 Å². The maximum Gasteiger partial charge on any atom is 0.307 e. The summed E-state index contributed by atoms with van der Waals surface area (Å²) in [7, 11) is 1.65. The first-order chi connectivity index (χ1) is 8.42. The monoisotopic (exact) mass is 268 g/mol. The number of para-hydroxylation sites is 1. The zero-order chi connectivity index (χ0) is 13.6. The number of hydrogen-bond acceptors (Lipinski definition) is 4. The van der Waals surface area contributed by atoms with Crippen LogP contribution in [-0.4, -0.2) is 24.4 Å². The van der Waals surface area contributed by atoms with Crippen molar-refractivity contribution in [2.24, 2.45) is 0 Å². The summed E-state index contributed by atoms with van der Waals surface area (Å²) >= 11 is 1.60. The molecule has 0 spiro atoms. The number of methoxy groups -OCH3 is 1. The van der Waals surface area contributed by atoms with Gasteiger partial charge in [-0.3, -0.25) is 4.79 Å². The van der Waals surface area contributed by atoms with Gasteiger partial charge < -0.3 is 9.47 Å². The molecule has 0 amide bonds. The van der Waals surface area contributed by atoms with E-state index >= 15 is 0 Å². The van der Waals surface area contributed by atoms with Gasteiger partial charge in [-0.25, -0.2) is 0 Å². The van der Waals surface area contributed by atoms with Crippen molar-refractivity contribution in [1.82, 2.24) is 0 Å². The molecule has 0 bridgehead atoms. The van der Waals surface area contributed by atoms with Crippen molar-refractivity contribution >= 4 is 17.7 Å². The highest BCUT2D eigenvalue weighted by molar-refractivity contribution is 7.99. The number of rotatable bonds is 5. The molecule has 0 aromatic heterocycles. The second-order valence-corrected chi connectivity index (χ2v) is 5.97.